The van der Waals surface area contributed by atoms with E-state index in [9.17, 15) is 0 Å². The van der Waals surface area contributed by atoms with Gasteiger partial charge < -0.3 is 5.32 Å². The van der Waals surface area contributed by atoms with Crippen LogP contribution in [0.4, 0.5) is 0 Å². The first-order chi connectivity index (χ1) is 8.16. The van der Waals surface area contributed by atoms with Crippen LogP contribution in [0.15, 0.2) is 38.6 Å². The van der Waals surface area contributed by atoms with Gasteiger partial charge >= 0.3 is 0 Å². The van der Waals surface area contributed by atoms with Crippen molar-refractivity contribution in [1.82, 2.24) is 5.32 Å². The molecule has 0 aliphatic carbocycles. The highest BCUT2D eigenvalue weighted by molar-refractivity contribution is 9.10. The maximum atomic E-state index is 5.94. The Morgan fingerprint density at radius 3 is 2.59 bits per heavy atom. The molecule has 0 amide bonds. The quantitative estimate of drug-likeness (QED) is 0.749. The Kier molecular flexibility index (Phi) is 5.06. The van der Waals surface area contributed by atoms with E-state index in [4.69, 9.17) is 11.6 Å². The van der Waals surface area contributed by atoms with Gasteiger partial charge in [0, 0.05) is 26.9 Å². The fourth-order valence-corrected chi connectivity index (χ4v) is 3.43. The second kappa shape index (κ2) is 6.34. The highest BCUT2D eigenvalue weighted by Gasteiger charge is 2.02. The fourth-order valence-electron chi connectivity index (χ4n) is 1.42. The van der Waals surface area contributed by atoms with Crippen molar-refractivity contribution >= 4 is 54.8 Å². The first kappa shape index (κ1) is 13.6. The van der Waals surface area contributed by atoms with Crippen LogP contribution in [0.2, 0.25) is 5.02 Å². The molecule has 0 bridgehead atoms. The first-order valence-corrected chi connectivity index (χ1v) is 7.87. The summed E-state index contributed by atoms with van der Waals surface area (Å²) in [4.78, 5) is 1.32. The first-order valence-electron chi connectivity index (χ1n) is 5.03. The van der Waals surface area contributed by atoms with Crippen LogP contribution < -0.4 is 5.32 Å². The lowest BCUT2D eigenvalue weighted by Gasteiger charge is -2.05. The van der Waals surface area contributed by atoms with Crippen molar-refractivity contribution in [3.05, 3.63) is 54.1 Å². The van der Waals surface area contributed by atoms with E-state index in [1.165, 1.54) is 14.9 Å². The molecule has 0 fully saturated rings. The number of nitrogens with one attached hydrogen (secondary N) is 1. The lowest BCUT2D eigenvalue weighted by atomic mass is 10.2. The maximum absolute atomic E-state index is 5.94. The van der Waals surface area contributed by atoms with Gasteiger partial charge in [-0.1, -0.05) is 17.7 Å². The average Bonchev–Trinajstić information content (AvgIpc) is 2.70. The molecule has 1 N–H and O–H groups in total. The van der Waals surface area contributed by atoms with Crippen LogP contribution in [-0.2, 0) is 13.1 Å². The smallest absolute Gasteiger partial charge is 0.0548 e. The van der Waals surface area contributed by atoms with E-state index in [1.54, 1.807) is 11.3 Å². The largest absolute Gasteiger partial charge is 0.308 e. The summed E-state index contributed by atoms with van der Waals surface area (Å²) >= 11 is 14.6. The fraction of sp³-hybridized carbons (Fsp3) is 0.167. The van der Waals surface area contributed by atoms with Crippen LogP contribution in [0.5, 0.6) is 0 Å². The second-order valence-electron chi connectivity index (χ2n) is 3.54. The molecule has 0 unspecified atom stereocenters. The third-order valence-corrected chi connectivity index (χ3v) is 5.43. The molecule has 0 saturated carbocycles. The zero-order valence-corrected chi connectivity index (χ0v) is 13.6. The molecule has 0 saturated heterocycles. The van der Waals surface area contributed by atoms with Crippen molar-refractivity contribution in [2.75, 3.05) is 0 Å². The molecular formula is C12H10Br2ClNS. The molecule has 0 atom stereocenters. The van der Waals surface area contributed by atoms with E-state index in [0.29, 0.717) is 0 Å². The van der Waals surface area contributed by atoms with Crippen molar-refractivity contribution in [2.24, 2.45) is 0 Å². The molecule has 2 rings (SSSR count). The van der Waals surface area contributed by atoms with E-state index in [0.717, 1.165) is 22.6 Å². The molecular weight excluding hydrogens is 385 g/mol. The minimum atomic E-state index is 0.745. The van der Waals surface area contributed by atoms with Crippen molar-refractivity contribution in [3.63, 3.8) is 0 Å². The molecule has 0 spiro atoms. The topological polar surface area (TPSA) is 12.0 Å². The molecule has 0 aliphatic rings. The van der Waals surface area contributed by atoms with Crippen LogP contribution in [0, 0.1) is 0 Å². The minimum absolute atomic E-state index is 0.745. The standard InChI is InChI=1S/C12H10Br2ClNS/c13-9-3-4-17-12(9)7-16-6-8-1-2-11(15)10(14)5-8/h1-5,16H,6-7H2. The lowest BCUT2D eigenvalue weighted by Crippen LogP contribution is -2.11. The van der Waals surface area contributed by atoms with Gasteiger partial charge in [0.15, 0.2) is 0 Å². The third kappa shape index (κ3) is 3.80. The van der Waals surface area contributed by atoms with Gasteiger partial charge in [0.2, 0.25) is 0 Å². The Labute approximate surface area is 126 Å². The molecule has 1 aromatic heterocycles. The van der Waals surface area contributed by atoms with Crippen LogP contribution in [0.1, 0.15) is 10.4 Å². The molecule has 2 aromatic rings. The molecule has 1 aromatic carbocycles. The summed E-state index contributed by atoms with van der Waals surface area (Å²) in [6.07, 6.45) is 0. The number of hydrogen-bond donors (Lipinski definition) is 1. The maximum Gasteiger partial charge on any atom is 0.0548 e. The zero-order valence-electron chi connectivity index (χ0n) is 8.84. The van der Waals surface area contributed by atoms with E-state index < -0.39 is 0 Å². The van der Waals surface area contributed by atoms with Crippen molar-refractivity contribution in [3.8, 4) is 0 Å². The molecule has 0 radical (unpaired) electrons. The summed E-state index contributed by atoms with van der Waals surface area (Å²) in [7, 11) is 0. The summed E-state index contributed by atoms with van der Waals surface area (Å²) in [6.45, 7) is 1.71. The Morgan fingerprint density at radius 1 is 1.12 bits per heavy atom. The molecule has 17 heavy (non-hydrogen) atoms. The lowest BCUT2D eigenvalue weighted by molar-refractivity contribution is 0.699. The Morgan fingerprint density at radius 2 is 1.94 bits per heavy atom. The van der Waals surface area contributed by atoms with Crippen molar-refractivity contribution in [1.29, 1.82) is 0 Å². The Bertz CT molecular complexity index is 513. The van der Waals surface area contributed by atoms with Gasteiger partial charge in [-0.15, -0.1) is 11.3 Å². The van der Waals surface area contributed by atoms with Crippen molar-refractivity contribution in [2.45, 2.75) is 13.1 Å². The number of halogens is 3. The molecule has 5 heteroatoms. The molecule has 90 valence electrons. The van der Waals surface area contributed by atoms with Gasteiger partial charge in [-0.25, -0.2) is 0 Å². The minimum Gasteiger partial charge on any atom is -0.308 e. The van der Waals surface area contributed by atoms with Crippen LogP contribution >= 0.6 is 54.8 Å². The van der Waals surface area contributed by atoms with Crippen molar-refractivity contribution < 1.29 is 0 Å². The van der Waals surface area contributed by atoms with Gasteiger partial charge in [0.1, 0.15) is 0 Å². The van der Waals surface area contributed by atoms with Gasteiger partial charge in [-0.3, -0.25) is 0 Å². The van der Waals surface area contributed by atoms with Crippen LogP contribution in [-0.4, -0.2) is 0 Å². The zero-order chi connectivity index (χ0) is 12.3. The average molecular weight is 396 g/mol. The van der Waals surface area contributed by atoms with Gasteiger partial charge in [-0.2, -0.15) is 0 Å². The van der Waals surface area contributed by atoms with Crippen LogP contribution in [0.3, 0.4) is 0 Å². The van der Waals surface area contributed by atoms with Crippen LogP contribution in [0.25, 0.3) is 0 Å². The number of hydrogen-bond acceptors (Lipinski definition) is 2. The summed E-state index contributed by atoms with van der Waals surface area (Å²) in [5.41, 5.74) is 1.22. The summed E-state index contributed by atoms with van der Waals surface area (Å²) in [5, 5.41) is 6.24. The number of thiophene rings is 1. The van der Waals surface area contributed by atoms with Gasteiger partial charge in [-0.05, 0) is 61.0 Å². The van der Waals surface area contributed by atoms with Gasteiger partial charge in [0.25, 0.3) is 0 Å². The Hall–Kier alpha value is 0.130. The second-order valence-corrected chi connectivity index (χ2v) is 6.66. The highest BCUT2D eigenvalue weighted by Crippen LogP contribution is 2.24. The van der Waals surface area contributed by atoms with Gasteiger partial charge in [0.05, 0.1) is 5.02 Å². The Balaban J connectivity index is 1.90. The highest BCUT2D eigenvalue weighted by atomic mass is 79.9. The summed E-state index contributed by atoms with van der Waals surface area (Å²) < 4.78 is 2.11. The van der Waals surface area contributed by atoms with E-state index in [1.807, 2.05) is 18.2 Å². The number of rotatable bonds is 4. The SMILES string of the molecule is Clc1ccc(CNCc2sccc2Br)cc1Br. The third-order valence-electron chi connectivity index (χ3n) is 2.29. The molecule has 1 nitrogen and oxygen atoms in total. The number of benzene rings is 1. The molecule has 1 heterocycles. The predicted octanol–water partition coefficient (Wildman–Crippen LogP) is 5.22. The predicted molar refractivity (Wildman–Crippen MR) is 81.7 cm³/mol. The van der Waals surface area contributed by atoms with E-state index >= 15 is 0 Å². The summed E-state index contributed by atoms with van der Waals surface area (Å²) in [6, 6.07) is 8.05. The van der Waals surface area contributed by atoms with E-state index in [-0.39, 0.29) is 0 Å². The van der Waals surface area contributed by atoms with E-state index in [2.05, 4.69) is 48.6 Å². The molecule has 0 aliphatic heterocycles. The summed E-state index contributed by atoms with van der Waals surface area (Å²) in [5.74, 6) is 0. The normalized spacial score (nSPS) is 10.8. The monoisotopic (exact) mass is 393 g/mol.